The summed E-state index contributed by atoms with van der Waals surface area (Å²) in [4.78, 5) is 4.08. The van der Waals surface area contributed by atoms with Crippen LogP contribution in [0.1, 0.15) is 17.0 Å². The number of para-hydroxylation sites is 1. The number of fused-ring (bicyclic) bond motifs is 1. The molecule has 0 aliphatic rings. The van der Waals surface area contributed by atoms with E-state index in [1.807, 2.05) is 50.0 Å². The van der Waals surface area contributed by atoms with Crippen molar-refractivity contribution in [1.82, 2.24) is 9.71 Å². The summed E-state index contributed by atoms with van der Waals surface area (Å²) < 4.78 is 35.9. The Balaban J connectivity index is 2.01. The molecule has 2 unspecified atom stereocenters. The molecule has 1 aromatic carbocycles. The van der Waals surface area contributed by atoms with Crippen molar-refractivity contribution < 1.29 is 22.7 Å². The molecule has 0 amide bonds. The van der Waals surface area contributed by atoms with Crippen LogP contribution in [0, 0.1) is 0 Å². The van der Waals surface area contributed by atoms with Crippen molar-refractivity contribution in [3.8, 4) is 22.8 Å². The molecule has 29 heavy (non-hydrogen) atoms. The van der Waals surface area contributed by atoms with Gasteiger partial charge in [-0.1, -0.05) is 34.1 Å². The zero-order valence-electron chi connectivity index (χ0n) is 16.3. The number of halogens is 1. The number of alkyl halides is 1. The molecule has 2 heterocycles. The van der Waals surface area contributed by atoms with Crippen LogP contribution in [0.25, 0.3) is 22.2 Å². The van der Waals surface area contributed by atoms with Gasteiger partial charge < -0.3 is 18.5 Å². The molecule has 0 spiro atoms. The predicted octanol–water partition coefficient (Wildman–Crippen LogP) is 4.62. The van der Waals surface area contributed by atoms with E-state index >= 15 is 0 Å². The fourth-order valence-corrected chi connectivity index (χ4v) is 4.45. The predicted molar refractivity (Wildman–Crippen MR) is 118 cm³/mol. The van der Waals surface area contributed by atoms with E-state index in [1.165, 1.54) is 0 Å². The molecule has 3 rings (SSSR count). The van der Waals surface area contributed by atoms with Crippen LogP contribution in [0.15, 0.2) is 40.9 Å². The Morgan fingerprint density at radius 1 is 1.38 bits per heavy atom. The van der Waals surface area contributed by atoms with Gasteiger partial charge >= 0.3 is 0 Å². The number of hydrogen-bond acceptors (Lipinski definition) is 6. The minimum Gasteiger partial charge on any atom is -0.760 e. The number of nitrogens with one attached hydrogen (secondary N) is 1. The highest BCUT2D eigenvalue weighted by atomic mass is 79.9. The average molecular weight is 498 g/mol. The SMILES string of the molecule is C[Si](C)(C)Oc1c(C(Br)CCNS(=O)[O-])oc(-c2cnc3ccccc3c2)c1O. The lowest BCUT2D eigenvalue weighted by atomic mass is 10.1. The lowest BCUT2D eigenvalue weighted by Crippen LogP contribution is -2.29. The van der Waals surface area contributed by atoms with Gasteiger partial charge in [0, 0.05) is 35.0 Å². The monoisotopic (exact) mass is 497 g/mol. The van der Waals surface area contributed by atoms with Crippen LogP contribution in [-0.4, -0.2) is 33.7 Å². The Labute approximate surface area is 181 Å². The normalized spacial score (nSPS) is 14.1. The van der Waals surface area contributed by atoms with Crippen LogP contribution in [0.4, 0.5) is 0 Å². The zero-order chi connectivity index (χ0) is 21.2. The van der Waals surface area contributed by atoms with Crippen molar-refractivity contribution in [3.05, 3.63) is 42.3 Å². The zero-order valence-corrected chi connectivity index (χ0v) is 19.7. The third kappa shape index (κ3) is 5.46. The molecule has 7 nitrogen and oxygen atoms in total. The van der Waals surface area contributed by atoms with Crippen LogP contribution in [0.5, 0.6) is 11.5 Å². The molecular formula is C19H22BrN2O5SSi-. The van der Waals surface area contributed by atoms with E-state index in [0.29, 0.717) is 17.7 Å². The fraction of sp³-hybridized carbons (Fsp3) is 0.316. The first-order chi connectivity index (χ1) is 13.7. The average Bonchev–Trinajstić information content (AvgIpc) is 2.96. The van der Waals surface area contributed by atoms with Crippen LogP contribution in [-0.2, 0) is 11.3 Å². The number of pyridine rings is 1. The smallest absolute Gasteiger partial charge is 0.242 e. The van der Waals surface area contributed by atoms with Crippen molar-refractivity contribution in [2.75, 3.05) is 6.54 Å². The second-order valence-corrected chi connectivity index (χ2v) is 13.8. The van der Waals surface area contributed by atoms with Gasteiger partial charge in [-0.25, -0.2) is 4.72 Å². The van der Waals surface area contributed by atoms with Crippen molar-refractivity contribution in [1.29, 1.82) is 0 Å². The maximum absolute atomic E-state index is 10.9. The molecule has 0 bridgehead atoms. The molecule has 0 aliphatic heterocycles. The van der Waals surface area contributed by atoms with Gasteiger partial charge in [0.1, 0.15) is 0 Å². The Kier molecular flexibility index (Phi) is 6.79. The maximum Gasteiger partial charge on any atom is 0.242 e. The van der Waals surface area contributed by atoms with Gasteiger partial charge in [0.2, 0.25) is 14.1 Å². The van der Waals surface area contributed by atoms with Gasteiger partial charge in [-0.15, -0.1) is 0 Å². The number of furan rings is 1. The summed E-state index contributed by atoms with van der Waals surface area (Å²) >= 11 is 1.19. The van der Waals surface area contributed by atoms with E-state index in [4.69, 9.17) is 8.84 Å². The molecule has 10 heteroatoms. The minimum atomic E-state index is -2.34. The van der Waals surface area contributed by atoms with E-state index in [-0.39, 0.29) is 28.6 Å². The highest BCUT2D eigenvalue weighted by molar-refractivity contribution is 9.09. The number of benzene rings is 1. The standard InChI is InChI=1S/C19H23BrN2O5SSi/c1-29(2,3)27-19-16(23)17(26-18(19)14(20)8-9-22-28(24)25)13-10-12-6-4-5-7-15(12)21-11-13/h4-7,10-11,14,22-23H,8-9H2,1-3H3,(H,24,25)/p-1. The maximum atomic E-state index is 10.9. The van der Waals surface area contributed by atoms with Gasteiger partial charge in [0.05, 0.1) is 10.3 Å². The van der Waals surface area contributed by atoms with E-state index in [2.05, 4.69) is 25.6 Å². The Bertz CT molecular complexity index is 1040. The highest BCUT2D eigenvalue weighted by Crippen LogP contribution is 2.48. The minimum absolute atomic E-state index is 0.0793. The summed E-state index contributed by atoms with van der Waals surface area (Å²) in [5.41, 5.74) is 1.47. The molecule has 2 atom stereocenters. The summed E-state index contributed by atoms with van der Waals surface area (Å²) in [6, 6.07) is 9.58. The Hall–Kier alpha value is -1.72. The van der Waals surface area contributed by atoms with Gasteiger partial charge in [-0.3, -0.25) is 9.19 Å². The second-order valence-electron chi connectivity index (χ2n) is 7.49. The summed E-state index contributed by atoms with van der Waals surface area (Å²) in [6.45, 7) is 6.23. The van der Waals surface area contributed by atoms with Crippen molar-refractivity contribution in [2.45, 2.75) is 30.9 Å². The fourth-order valence-electron chi connectivity index (χ4n) is 2.83. The third-order valence-electron chi connectivity index (χ3n) is 4.03. The van der Waals surface area contributed by atoms with E-state index < -0.39 is 19.6 Å². The molecule has 0 fully saturated rings. The van der Waals surface area contributed by atoms with E-state index in [9.17, 15) is 13.9 Å². The van der Waals surface area contributed by atoms with Gasteiger partial charge in [0.25, 0.3) is 0 Å². The number of aromatic nitrogens is 1. The van der Waals surface area contributed by atoms with Gasteiger partial charge in [-0.05, 0) is 38.2 Å². The van der Waals surface area contributed by atoms with Crippen molar-refractivity contribution in [3.63, 3.8) is 0 Å². The van der Waals surface area contributed by atoms with Crippen molar-refractivity contribution in [2.24, 2.45) is 0 Å². The van der Waals surface area contributed by atoms with E-state index in [1.54, 1.807) is 6.20 Å². The lowest BCUT2D eigenvalue weighted by Gasteiger charge is -2.20. The summed E-state index contributed by atoms with van der Waals surface area (Å²) in [7, 11) is -2.06. The number of rotatable bonds is 8. The van der Waals surface area contributed by atoms with Crippen LogP contribution in [0.2, 0.25) is 19.6 Å². The number of nitrogens with zero attached hydrogens (tertiary/aromatic N) is 1. The van der Waals surface area contributed by atoms with Gasteiger partial charge in [-0.2, -0.15) is 0 Å². The number of aromatic hydroxyl groups is 1. The Morgan fingerprint density at radius 3 is 2.79 bits per heavy atom. The topological polar surface area (TPSA) is 108 Å². The largest absolute Gasteiger partial charge is 0.760 e. The number of hydrogen-bond donors (Lipinski definition) is 2. The van der Waals surface area contributed by atoms with E-state index in [0.717, 1.165) is 10.9 Å². The van der Waals surface area contributed by atoms with Crippen LogP contribution >= 0.6 is 15.9 Å². The molecule has 2 N–H and O–H groups in total. The lowest BCUT2D eigenvalue weighted by molar-refractivity contribution is 0.438. The van der Waals surface area contributed by atoms with Crippen LogP contribution in [0.3, 0.4) is 0 Å². The van der Waals surface area contributed by atoms with Gasteiger partial charge in [0.15, 0.2) is 17.3 Å². The molecule has 3 aromatic rings. The third-order valence-corrected chi connectivity index (χ3v) is 6.16. The summed E-state index contributed by atoms with van der Waals surface area (Å²) in [6.07, 6.45) is 2.06. The molecule has 0 saturated carbocycles. The quantitative estimate of drug-likeness (QED) is 0.267. The summed E-state index contributed by atoms with van der Waals surface area (Å²) in [5.74, 6) is 0.907. The summed E-state index contributed by atoms with van der Waals surface area (Å²) in [5, 5.41) is 11.8. The molecule has 2 aromatic heterocycles. The molecule has 156 valence electrons. The molecule has 0 saturated heterocycles. The highest BCUT2D eigenvalue weighted by Gasteiger charge is 2.30. The molecule has 0 aliphatic carbocycles. The first kappa shape index (κ1) is 22.0. The Morgan fingerprint density at radius 2 is 2.10 bits per heavy atom. The second kappa shape index (κ2) is 8.96. The van der Waals surface area contributed by atoms with Crippen LogP contribution < -0.4 is 9.15 Å². The first-order valence-corrected chi connectivity index (χ1v) is 14.4. The molecular weight excluding hydrogens is 476 g/mol. The molecule has 0 radical (unpaired) electrons. The van der Waals surface area contributed by atoms with Crippen molar-refractivity contribution >= 4 is 46.4 Å². The first-order valence-electron chi connectivity index (χ1n) is 9.02.